The molecule has 16 nitrogen and oxygen atoms in total. The highest BCUT2D eigenvalue weighted by atomic mass is 16.6. The number of benzene rings is 8. The minimum atomic E-state index is 0.487. The zero-order valence-electron chi connectivity index (χ0n) is 57.5. The second-order valence-electron chi connectivity index (χ2n) is 24.3. The van der Waals surface area contributed by atoms with Crippen molar-refractivity contribution < 1.29 is 56.8 Å². The predicted molar refractivity (Wildman–Crippen MR) is 396 cm³/mol. The van der Waals surface area contributed by atoms with Gasteiger partial charge in [-0.3, -0.25) is 0 Å². The third kappa shape index (κ3) is 16.6. The van der Waals surface area contributed by atoms with Crippen LogP contribution in [0.4, 0.5) is 0 Å². The Hall–Kier alpha value is -9.28. The molecule has 1 aliphatic carbocycles. The molecule has 4 heterocycles. The van der Waals surface area contributed by atoms with E-state index in [4.69, 9.17) is 56.8 Å². The Morgan fingerprint density at radius 2 is 0.330 bits per heavy atom. The predicted octanol–water partition coefficient (Wildman–Crippen LogP) is 12.7. The van der Waals surface area contributed by atoms with Gasteiger partial charge in [-0.05, 0) is 146 Å². The van der Waals surface area contributed by atoms with Crippen LogP contribution in [-0.4, -0.2) is 179 Å². The summed E-state index contributed by atoms with van der Waals surface area (Å²) < 4.78 is 77.3. The summed E-state index contributed by atoms with van der Waals surface area (Å²) in [4.78, 5) is 0. The molecule has 0 saturated heterocycles. The number of rotatable bonds is 36. The summed E-state index contributed by atoms with van der Waals surface area (Å²) >= 11 is 0. The summed E-state index contributed by atoms with van der Waals surface area (Å²) in [6.45, 7) is 12.9. The third-order valence-electron chi connectivity index (χ3n) is 17.9. The summed E-state index contributed by atoms with van der Waals surface area (Å²) in [7, 11) is 6.69. The molecule has 0 atom stereocenters. The third-order valence-corrected chi connectivity index (χ3v) is 17.9. The fourth-order valence-corrected chi connectivity index (χ4v) is 13.1. The van der Waals surface area contributed by atoms with Crippen LogP contribution in [-0.2, 0) is 83.0 Å². The van der Waals surface area contributed by atoms with Gasteiger partial charge in [0.05, 0.1) is 132 Å². The van der Waals surface area contributed by atoms with E-state index >= 15 is 0 Å². The number of nitrogens with zero attached hydrogens (tertiary/aromatic N) is 4. The van der Waals surface area contributed by atoms with E-state index in [-0.39, 0.29) is 0 Å². The van der Waals surface area contributed by atoms with E-state index in [0.29, 0.717) is 158 Å². The van der Waals surface area contributed by atoms with Crippen molar-refractivity contribution in [2.24, 2.45) is 0 Å². The number of ether oxygens (including phenoxy) is 12. The first kappa shape index (κ1) is 69.2. The molecular weight excluding hydrogens is 1260 g/mol. The maximum absolute atomic E-state index is 6.13. The topological polar surface area (TPSA) is 130 Å². The highest BCUT2D eigenvalue weighted by molar-refractivity contribution is 6.12. The van der Waals surface area contributed by atoms with Crippen LogP contribution in [0.2, 0.25) is 0 Å². The summed E-state index contributed by atoms with van der Waals surface area (Å²) in [6, 6.07) is 52.0. The largest absolute Gasteiger partial charge is 0.382 e. The number of fused-ring (bicyclic) bond motifs is 8. The van der Waals surface area contributed by atoms with E-state index in [1.54, 1.807) is 28.4 Å². The molecule has 16 bridgehead atoms. The fourth-order valence-electron chi connectivity index (χ4n) is 13.1. The van der Waals surface area contributed by atoms with E-state index in [9.17, 15) is 0 Å². The molecule has 12 aromatic rings. The molecule has 4 aromatic heterocycles. The van der Waals surface area contributed by atoms with Gasteiger partial charge in [-0.2, -0.15) is 0 Å². The van der Waals surface area contributed by atoms with Crippen LogP contribution >= 0.6 is 0 Å². The Labute approximate surface area is 583 Å². The molecule has 0 spiro atoms. The van der Waals surface area contributed by atoms with Crippen LogP contribution in [0, 0.1) is 47.4 Å². The molecule has 8 aromatic carbocycles. The van der Waals surface area contributed by atoms with E-state index in [1.807, 2.05) is 0 Å². The first-order chi connectivity index (χ1) is 49.5. The number of hydrogen-bond acceptors (Lipinski definition) is 12. The average Bonchev–Trinajstić information content (AvgIpc) is 1.63. The van der Waals surface area contributed by atoms with Crippen molar-refractivity contribution >= 4 is 87.2 Å². The second kappa shape index (κ2) is 34.7. The van der Waals surface area contributed by atoms with Crippen molar-refractivity contribution in [2.75, 3.05) is 161 Å². The van der Waals surface area contributed by atoms with E-state index in [0.717, 1.165) is 132 Å². The molecule has 13 rings (SSSR count). The zero-order chi connectivity index (χ0) is 68.2. The van der Waals surface area contributed by atoms with Crippen molar-refractivity contribution in [1.82, 2.24) is 18.3 Å². The molecule has 16 heteroatoms. The quantitative estimate of drug-likeness (QED) is 0.0274. The maximum Gasteiger partial charge on any atom is 0.0701 e. The Morgan fingerprint density at radius 1 is 0.190 bits per heavy atom. The lowest BCUT2D eigenvalue weighted by atomic mass is 10.0. The smallest absolute Gasteiger partial charge is 0.0701 e. The molecule has 100 heavy (non-hydrogen) atoms. The van der Waals surface area contributed by atoms with Gasteiger partial charge in [0, 0.05) is 186 Å². The highest BCUT2D eigenvalue weighted by Crippen LogP contribution is 2.36. The second-order valence-corrected chi connectivity index (χ2v) is 24.3. The Balaban J connectivity index is 0.911. The number of methoxy groups -OCH3 is 4. The van der Waals surface area contributed by atoms with Crippen molar-refractivity contribution in [1.29, 1.82) is 0 Å². The van der Waals surface area contributed by atoms with Gasteiger partial charge in [-0.15, -0.1) is 0 Å². The van der Waals surface area contributed by atoms with Gasteiger partial charge in [0.1, 0.15) is 0 Å². The summed E-state index contributed by atoms with van der Waals surface area (Å²) in [5.41, 5.74) is 15.9. The molecule has 0 amide bonds. The van der Waals surface area contributed by atoms with Crippen molar-refractivity contribution in [3.63, 3.8) is 0 Å². The summed E-state index contributed by atoms with van der Waals surface area (Å²) in [6.07, 6.45) is 0. The Bertz CT molecular complexity index is 4230. The first-order valence-electron chi connectivity index (χ1n) is 34.4. The summed E-state index contributed by atoms with van der Waals surface area (Å²) in [5, 5.41) is 8.69. The van der Waals surface area contributed by atoms with Gasteiger partial charge in [0.25, 0.3) is 0 Å². The Kier molecular flexibility index (Phi) is 24.0. The van der Waals surface area contributed by atoms with Gasteiger partial charge in [-0.25, -0.2) is 0 Å². The van der Waals surface area contributed by atoms with E-state index in [2.05, 4.69) is 211 Å². The van der Waals surface area contributed by atoms with Gasteiger partial charge in [-0.1, -0.05) is 47.4 Å². The van der Waals surface area contributed by atoms with Crippen LogP contribution < -0.4 is 0 Å². The zero-order valence-corrected chi connectivity index (χ0v) is 57.5. The van der Waals surface area contributed by atoms with E-state index in [1.165, 1.54) is 0 Å². The monoisotopic (exact) mass is 1340 g/mol. The highest BCUT2D eigenvalue weighted by Gasteiger charge is 2.18. The minimum Gasteiger partial charge on any atom is -0.382 e. The lowest BCUT2D eigenvalue weighted by molar-refractivity contribution is 0.0234. The number of aromatic nitrogens is 4. The fraction of sp³-hybridized carbons (Fsp3) is 0.333. The molecule has 0 fully saturated rings. The normalized spacial score (nSPS) is 12.0. The molecule has 0 aliphatic heterocycles. The van der Waals surface area contributed by atoms with Crippen LogP contribution in [0.5, 0.6) is 0 Å². The van der Waals surface area contributed by atoms with Crippen molar-refractivity contribution in [3.8, 4) is 47.4 Å². The first-order valence-corrected chi connectivity index (χ1v) is 34.4. The van der Waals surface area contributed by atoms with E-state index < -0.39 is 0 Å². The molecular formula is C84H84N4O12. The lowest BCUT2D eigenvalue weighted by Gasteiger charge is -2.09. The minimum absolute atomic E-state index is 0.487. The maximum atomic E-state index is 6.13. The molecule has 0 unspecified atom stereocenters. The molecule has 512 valence electrons. The van der Waals surface area contributed by atoms with Gasteiger partial charge in [0.2, 0.25) is 0 Å². The van der Waals surface area contributed by atoms with Gasteiger partial charge in [0.15, 0.2) is 0 Å². The molecule has 1 aliphatic rings. The van der Waals surface area contributed by atoms with Crippen LogP contribution in [0.1, 0.15) is 44.5 Å². The average molecular weight is 1340 g/mol. The van der Waals surface area contributed by atoms with Crippen molar-refractivity contribution in [2.45, 2.75) is 26.2 Å². The SMILES string of the molecule is COCCOCCOCCn1c2ccc3cc2c2cc(ccc21)C#Cc1ccc2c(c1)c1cc(ccc1n2CCOCCOCCOC)C#Cc1ccc2c(c1)c1cc(ccc1n2CCOCCOCCOC)C#Cc1ccc2c(c1)c1cc(ccc1n2CCOCCOCCOC)C#C3. The number of hydrogen-bond donors (Lipinski definition) is 0. The molecule has 0 saturated carbocycles. The molecule has 0 radical (unpaired) electrons. The van der Waals surface area contributed by atoms with Crippen LogP contribution in [0.15, 0.2) is 146 Å². The van der Waals surface area contributed by atoms with Crippen LogP contribution in [0.25, 0.3) is 87.2 Å². The summed E-state index contributed by atoms with van der Waals surface area (Å²) in [5.74, 6) is 28.6. The molecule has 0 N–H and O–H groups in total. The van der Waals surface area contributed by atoms with Gasteiger partial charge >= 0.3 is 0 Å². The van der Waals surface area contributed by atoms with Gasteiger partial charge < -0.3 is 75.1 Å². The standard InChI is InChI=1S/C84H84N4O12/c1-89-37-41-97-49-45-93-33-29-85-77-21-13-61-5-7-63-15-23-79-71(55-63)73-57-65(17-25-81(73)86(79)30-34-94-46-50-98-42-38-90-2)9-11-67-19-27-83-75(59-67)76-60-68(20-28-84(76)88(83)32-36-96-48-52-100-44-40-92-4)12-10-66-18-26-82-74(58-66)72-56-64(8-6-62-14-22-78(85)70(54-62)69(77)53-61)16-24-80(72)87(82)31-35-95-47-51-99-43-39-91-3/h13-28,53-60H,29-52H2,1-4H3. The Morgan fingerprint density at radius 3 is 0.480 bits per heavy atom. The van der Waals surface area contributed by atoms with Crippen molar-refractivity contribution in [3.05, 3.63) is 190 Å². The van der Waals surface area contributed by atoms with Crippen LogP contribution in [0.3, 0.4) is 0 Å². The lowest BCUT2D eigenvalue weighted by Crippen LogP contribution is -2.11.